The minimum absolute atomic E-state index is 0.157. The van der Waals surface area contributed by atoms with Crippen LogP contribution < -0.4 is 14.5 Å². The predicted octanol–water partition coefficient (Wildman–Crippen LogP) is 1.97. The first-order valence-electron chi connectivity index (χ1n) is 8.13. The minimum atomic E-state index is -3.99. The molecular weight excluding hydrogens is 397 g/mol. The molecule has 1 aromatic carbocycles. The lowest BCUT2D eigenvalue weighted by Crippen LogP contribution is -2.37. The van der Waals surface area contributed by atoms with Crippen molar-refractivity contribution in [2.24, 2.45) is 0 Å². The Balaban J connectivity index is 1.92. The summed E-state index contributed by atoms with van der Waals surface area (Å²) in [5.41, 5.74) is 0.206. The Hall–Kier alpha value is -2.17. The summed E-state index contributed by atoms with van der Waals surface area (Å²) in [6.07, 6.45) is 1.41. The largest absolute Gasteiger partial charge is 0.378 e. The molecule has 0 radical (unpaired) electrons. The molecule has 2 heterocycles. The number of hydrogen-bond acceptors (Lipinski definition) is 7. The molecule has 0 saturated carbocycles. The maximum Gasteiger partial charge on any atom is 0.262 e. The van der Waals surface area contributed by atoms with E-state index >= 15 is 0 Å². The Morgan fingerprint density at radius 1 is 1.30 bits per heavy atom. The molecule has 0 aliphatic carbocycles. The number of hydrogen-bond donors (Lipinski definition) is 1. The van der Waals surface area contributed by atoms with Crippen LogP contribution in [0.4, 0.5) is 21.8 Å². The fourth-order valence-electron chi connectivity index (χ4n) is 2.54. The summed E-state index contributed by atoms with van der Waals surface area (Å²) in [5, 5.41) is -0.273. The van der Waals surface area contributed by atoms with Crippen molar-refractivity contribution in [1.29, 1.82) is 0 Å². The highest BCUT2D eigenvalue weighted by atomic mass is 35.5. The van der Waals surface area contributed by atoms with E-state index < -0.39 is 15.8 Å². The van der Waals surface area contributed by atoms with Crippen LogP contribution in [0.1, 0.15) is 0 Å². The summed E-state index contributed by atoms with van der Waals surface area (Å²) in [5.74, 6) is 0.209. The average molecular weight is 416 g/mol. The molecule has 27 heavy (non-hydrogen) atoms. The van der Waals surface area contributed by atoms with Crippen molar-refractivity contribution in [3.8, 4) is 0 Å². The van der Waals surface area contributed by atoms with Crippen LogP contribution in [0.2, 0.25) is 5.02 Å². The molecular formula is C16H19ClFN5O3S. The monoisotopic (exact) mass is 415 g/mol. The van der Waals surface area contributed by atoms with Gasteiger partial charge in [-0.2, -0.15) is 4.98 Å². The van der Waals surface area contributed by atoms with Gasteiger partial charge >= 0.3 is 0 Å². The summed E-state index contributed by atoms with van der Waals surface area (Å²) in [6, 6.07) is 3.20. The number of halogens is 2. The molecule has 0 amide bonds. The lowest BCUT2D eigenvalue weighted by atomic mass is 10.3. The van der Waals surface area contributed by atoms with Crippen molar-refractivity contribution in [2.45, 2.75) is 4.90 Å². The molecule has 1 aliphatic heterocycles. The number of benzene rings is 1. The molecule has 1 aliphatic rings. The zero-order valence-corrected chi connectivity index (χ0v) is 16.4. The van der Waals surface area contributed by atoms with Crippen LogP contribution in [-0.2, 0) is 14.8 Å². The zero-order valence-electron chi connectivity index (χ0n) is 14.8. The van der Waals surface area contributed by atoms with Crippen molar-refractivity contribution in [3.05, 3.63) is 35.2 Å². The molecule has 1 saturated heterocycles. The van der Waals surface area contributed by atoms with E-state index in [2.05, 4.69) is 14.7 Å². The molecule has 0 unspecified atom stereocenters. The Morgan fingerprint density at radius 2 is 2.00 bits per heavy atom. The third-order valence-corrected chi connectivity index (χ3v) is 5.57. The average Bonchev–Trinajstić information content (AvgIpc) is 2.64. The van der Waals surface area contributed by atoms with Crippen molar-refractivity contribution >= 4 is 39.1 Å². The standard InChI is InChI=1S/C16H19ClFN5O3S/c1-22(2)15-14(10-19-16(20-15)23-5-7-26-8-6-23)21-27(24,25)11-3-4-13(18)12(17)9-11/h3-4,9-10,21H,5-8H2,1-2H3. The van der Waals surface area contributed by atoms with Crippen LogP contribution in [0, 0.1) is 5.82 Å². The highest BCUT2D eigenvalue weighted by Crippen LogP contribution is 2.27. The van der Waals surface area contributed by atoms with Gasteiger partial charge in [0.2, 0.25) is 5.95 Å². The smallest absolute Gasteiger partial charge is 0.262 e. The fourth-order valence-corrected chi connectivity index (χ4v) is 3.86. The number of nitrogens with one attached hydrogen (secondary N) is 1. The van der Waals surface area contributed by atoms with Gasteiger partial charge in [-0.3, -0.25) is 4.72 Å². The fraction of sp³-hybridized carbons (Fsp3) is 0.375. The zero-order chi connectivity index (χ0) is 19.6. The van der Waals surface area contributed by atoms with Gasteiger partial charge in [0.05, 0.1) is 29.3 Å². The highest BCUT2D eigenvalue weighted by molar-refractivity contribution is 7.92. The molecule has 1 N–H and O–H groups in total. The van der Waals surface area contributed by atoms with Crippen molar-refractivity contribution in [3.63, 3.8) is 0 Å². The topological polar surface area (TPSA) is 87.7 Å². The first-order chi connectivity index (χ1) is 12.8. The summed E-state index contributed by atoms with van der Waals surface area (Å²) in [4.78, 5) is 12.2. The predicted molar refractivity (Wildman–Crippen MR) is 102 cm³/mol. The molecule has 0 bridgehead atoms. The van der Waals surface area contributed by atoms with Crippen molar-refractivity contribution in [1.82, 2.24) is 9.97 Å². The Kier molecular flexibility index (Phi) is 5.68. The second-order valence-corrected chi connectivity index (χ2v) is 8.17. The summed E-state index contributed by atoms with van der Waals surface area (Å²) in [7, 11) is -0.492. The van der Waals surface area contributed by atoms with Crippen molar-refractivity contribution in [2.75, 3.05) is 54.9 Å². The SMILES string of the molecule is CN(C)c1nc(N2CCOCC2)ncc1NS(=O)(=O)c1ccc(F)c(Cl)c1. The third kappa shape index (κ3) is 4.40. The number of nitrogens with zero attached hydrogens (tertiary/aromatic N) is 4. The molecule has 11 heteroatoms. The minimum Gasteiger partial charge on any atom is -0.378 e. The summed E-state index contributed by atoms with van der Waals surface area (Å²) < 4.78 is 46.3. The van der Waals surface area contributed by atoms with Crippen LogP contribution in [0.15, 0.2) is 29.3 Å². The van der Waals surface area contributed by atoms with Gasteiger partial charge in [0.1, 0.15) is 11.5 Å². The molecule has 0 atom stereocenters. The maximum absolute atomic E-state index is 13.3. The third-order valence-electron chi connectivity index (χ3n) is 3.92. The number of aromatic nitrogens is 2. The lowest BCUT2D eigenvalue weighted by molar-refractivity contribution is 0.122. The quantitative estimate of drug-likeness (QED) is 0.798. The Morgan fingerprint density at radius 3 is 2.63 bits per heavy atom. The van der Waals surface area contributed by atoms with Crippen LogP contribution in [0.3, 0.4) is 0 Å². The van der Waals surface area contributed by atoms with E-state index in [0.717, 1.165) is 18.2 Å². The van der Waals surface area contributed by atoms with E-state index in [1.54, 1.807) is 19.0 Å². The second-order valence-electron chi connectivity index (χ2n) is 6.08. The van der Waals surface area contributed by atoms with Gasteiger partial charge in [-0.15, -0.1) is 0 Å². The van der Waals surface area contributed by atoms with Gasteiger partial charge in [-0.25, -0.2) is 17.8 Å². The molecule has 2 aromatic rings. The van der Waals surface area contributed by atoms with Crippen LogP contribution in [0.5, 0.6) is 0 Å². The summed E-state index contributed by atoms with van der Waals surface area (Å²) in [6.45, 7) is 2.48. The number of morpholine rings is 1. The molecule has 1 aromatic heterocycles. The van der Waals surface area contributed by atoms with Gasteiger partial charge in [0, 0.05) is 27.2 Å². The lowest BCUT2D eigenvalue weighted by Gasteiger charge is -2.28. The number of ether oxygens (including phenoxy) is 1. The van der Waals surface area contributed by atoms with E-state index in [1.807, 2.05) is 4.90 Å². The van der Waals surface area contributed by atoms with Gasteiger partial charge < -0.3 is 14.5 Å². The Labute approximate surface area is 162 Å². The van der Waals surface area contributed by atoms with E-state index in [4.69, 9.17) is 16.3 Å². The van der Waals surface area contributed by atoms with Gasteiger partial charge in [0.25, 0.3) is 10.0 Å². The Bertz CT molecular complexity index is 936. The molecule has 1 fully saturated rings. The van der Waals surface area contributed by atoms with Gasteiger partial charge in [-0.1, -0.05) is 11.6 Å². The first-order valence-corrected chi connectivity index (χ1v) is 9.99. The van der Waals surface area contributed by atoms with E-state index in [-0.39, 0.29) is 15.6 Å². The van der Waals surface area contributed by atoms with Gasteiger partial charge in [0.15, 0.2) is 5.82 Å². The van der Waals surface area contributed by atoms with Crippen LogP contribution in [-0.4, -0.2) is 58.8 Å². The summed E-state index contributed by atoms with van der Waals surface area (Å²) >= 11 is 5.70. The maximum atomic E-state index is 13.3. The molecule has 3 rings (SSSR count). The van der Waals surface area contributed by atoms with Crippen LogP contribution >= 0.6 is 11.6 Å². The highest BCUT2D eigenvalue weighted by Gasteiger charge is 2.21. The van der Waals surface area contributed by atoms with Crippen LogP contribution in [0.25, 0.3) is 0 Å². The number of rotatable bonds is 5. The number of anilines is 3. The number of sulfonamides is 1. The van der Waals surface area contributed by atoms with Gasteiger partial charge in [-0.05, 0) is 18.2 Å². The van der Waals surface area contributed by atoms with E-state index in [0.29, 0.717) is 38.1 Å². The normalized spacial score (nSPS) is 14.9. The second kappa shape index (κ2) is 7.83. The first kappa shape index (κ1) is 19.6. The van der Waals surface area contributed by atoms with E-state index in [9.17, 15) is 12.8 Å². The van der Waals surface area contributed by atoms with E-state index in [1.165, 1.54) is 6.20 Å². The van der Waals surface area contributed by atoms with Crippen molar-refractivity contribution < 1.29 is 17.5 Å². The molecule has 146 valence electrons. The molecule has 0 spiro atoms. The molecule has 8 nitrogen and oxygen atoms in total.